The van der Waals surface area contributed by atoms with Gasteiger partial charge in [0.05, 0.1) is 5.25 Å². The molecule has 1 aromatic rings. The maximum absolute atomic E-state index is 11.8. The third kappa shape index (κ3) is 4.21. The van der Waals surface area contributed by atoms with E-state index in [1.807, 2.05) is 24.3 Å². The van der Waals surface area contributed by atoms with Gasteiger partial charge in [-0.15, -0.1) is 0 Å². The topological polar surface area (TPSA) is 46.2 Å². The van der Waals surface area contributed by atoms with Gasteiger partial charge < -0.3 is 5.32 Å². The predicted molar refractivity (Wildman–Crippen MR) is 84.0 cm³/mol. The fourth-order valence-corrected chi connectivity index (χ4v) is 4.56. The van der Waals surface area contributed by atoms with Crippen molar-refractivity contribution in [2.45, 2.75) is 49.9 Å². The Hall–Kier alpha value is -0.580. The Morgan fingerprint density at radius 1 is 1.30 bits per heavy atom. The zero-order valence-electron chi connectivity index (χ0n) is 12.0. The summed E-state index contributed by atoms with van der Waals surface area (Å²) in [7, 11) is -2.96. The lowest BCUT2D eigenvalue weighted by Gasteiger charge is -2.24. The fraction of sp³-hybridized carbons (Fsp3) is 0.600. The van der Waals surface area contributed by atoms with E-state index < -0.39 is 9.84 Å². The van der Waals surface area contributed by atoms with E-state index in [1.165, 1.54) is 11.8 Å². The van der Waals surface area contributed by atoms with Crippen LogP contribution in [-0.2, 0) is 16.3 Å². The third-order valence-electron chi connectivity index (χ3n) is 3.96. The SMILES string of the molecule is CC(Cc1ccc(Cl)cc1)NC1CCCC1S(C)(=O)=O. The zero-order chi connectivity index (χ0) is 14.8. The van der Waals surface area contributed by atoms with Gasteiger partial charge in [-0.25, -0.2) is 8.42 Å². The predicted octanol–water partition coefficient (Wildman–Crippen LogP) is 2.83. The minimum atomic E-state index is -2.96. The molecule has 0 bridgehead atoms. The number of sulfone groups is 1. The first-order valence-corrected chi connectivity index (χ1v) is 9.39. The average molecular weight is 316 g/mol. The number of nitrogens with one attached hydrogen (secondary N) is 1. The highest BCUT2D eigenvalue weighted by Gasteiger charge is 2.35. The number of halogens is 1. The molecule has 1 aliphatic carbocycles. The van der Waals surface area contributed by atoms with E-state index in [-0.39, 0.29) is 17.3 Å². The molecule has 1 fully saturated rings. The number of rotatable bonds is 5. The summed E-state index contributed by atoms with van der Waals surface area (Å²) in [5.74, 6) is 0. The smallest absolute Gasteiger partial charge is 0.151 e. The highest BCUT2D eigenvalue weighted by atomic mass is 35.5. The third-order valence-corrected chi connectivity index (χ3v) is 5.87. The summed E-state index contributed by atoms with van der Waals surface area (Å²) < 4.78 is 23.5. The molecule has 0 aromatic heterocycles. The first-order valence-electron chi connectivity index (χ1n) is 7.05. The molecule has 0 heterocycles. The average Bonchev–Trinajstić information content (AvgIpc) is 2.80. The first-order chi connectivity index (χ1) is 9.36. The summed E-state index contributed by atoms with van der Waals surface area (Å²) in [4.78, 5) is 0. The highest BCUT2D eigenvalue weighted by molar-refractivity contribution is 7.91. The van der Waals surface area contributed by atoms with Crippen molar-refractivity contribution in [2.24, 2.45) is 0 Å². The van der Waals surface area contributed by atoms with Gasteiger partial charge in [0.25, 0.3) is 0 Å². The largest absolute Gasteiger partial charge is 0.310 e. The Balaban J connectivity index is 1.94. The van der Waals surface area contributed by atoms with Crippen molar-refractivity contribution >= 4 is 21.4 Å². The van der Waals surface area contributed by atoms with E-state index in [4.69, 9.17) is 11.6 Å². The van der Waals surface area contributed by atoms with E-state index in [0.29, 0.717) is 0 Å². The Bertz CT molecular complexity index is 541. The van der Waals surface area contributed by atoms with Crippen LogP contribution in [0.25, 0.3) is 0 Å². The summed E-state index contributed by atoms with van der Waals surface area (Å²) in [6.45, 7) is 2.10. The Morgan fingerprint density at radius 2 is 1.95 bits per heavy atom. The molecule has 3 nitrogen and oxygen atoms in total. The highest BCUT2D eigenvalue weighted by Crippen LogP contribution is 2.25. The summed E-state index contributed by atoms with van der Waals surface area (Å²) in [6.07, 6.45) is 4.95. The first kappa shape index (κ1) is 15.8. The summed E-state index contributed by atoms with van der Waals surface area (Å²) in [5.41, 5.74) is 1.21. The maximum atomic E-state index is 11.8. The Labute approximate surface area is 126 Å². The molecule has 2 rings (SSSR count). The van der Waals surface area contributed by atoms with Gasteiger partial charge in [0.15, 0.2) is 9.84 Å². The van der Waals surface area contributed by atoms with Crippen molar-refractivity contribution in [1.29, 1.82) is 0 Å². The van der Waals surface area contributed by atoms with Gasteiger partial charge in [-0.05, 0) is 43.9 Å². The number of hydrogen-bond donors (Lipinski definition) is 1. The van der Waals surface area contributed by atoms with Crippen molar-refractivity contribution in [3.05, 3.63) is 34.9 Å². The zero-order valence-corrected chi connectivity index (χ0v) is 13.5. The van der Waals surface area contributed by atoms with Crippen LogP contribution in [0.3, 0.4) is 0 Å². The molecule has 3 unspecified atom stereocenters. The summed E-state index contributed by atoms with van der Waals surface area (Å²) in [5, 5.41) is 4.00. The molecule has 0 spiro atoms. The molecule has 1 saturated carbocycles. The molecule has 1 N–H and O–H groups in total. The molecule has 20 heavy (non-hydrogen) atoms. The van der Waals surface area contributed by atoms with Gasteiger partial charge in [0.1, 0.15) is 0 Å². The van der Waals surface area contributed by atoms with E-state index in [0.717, 1.165) is 30.7 Å². The normalized spacial score (nSPS) is 24.8. The van der Waals surface area contributed by atoms with Crippen molar-refractivity contribution in [1.82, 2.24) is 5.32 Å². The molecule has 5 heteroatoms. The lowest BCUT2D eigenvalue weighted by molar-refractivity contribution is 0.444. The molecular formula is C15H22ClNO2S. The number of benzene rings is 1. The summed E-state index contributed by atoms with van der Waals surface area (Å²) >= 11 is 5.87. The molecule has 0 saturated heterocycles. The van der Waals surface area contributed by atoms with Gasteiger partial charge in [-0.1, -0.05) is 30.2 Å². The van der Waals surface area contributed by atoms with Crippen molar-refractivity contribution < 1.29 is 8.42 Å². The second kappa shape index (κ2) is 6.46. The minimum absolute atomic E-state index is 0.0901. The van der Waals surface area contributed by atoms with Crippen LogP contribution in [0, 0.1) is 0 Å². The molecule has 112 valence electrons. The van der Waals surface area contributed by atoms with Crippen LogP contribution >= 0.6 is 11.6 Å². The second-order valence-electron chi connectivity index (χ2n) is 5.80. The van der Waals surface area contributed by atoms with Gasteiger partial charge in [-0.2, -0.15) is 0 Å². The van der Waals surface area contributed by atoms with Crippen molar-refractivity contribution in [2.75, 3.05) is 6.26 Å². The molecule has 1 aromatic carbocycles. The van der Waals surface area contributed by atoms with E-state index in [9.17, 15) is 8.42 Å². The molecule has 0 amide bonds. The molecule has 0 radical (unpaired) electrons. The lowest BCUT2D eigenvalue weighted by Crippen LogP contribution is -2.44. The van der Waals surface area contributed by atoms with Crippen LogP contribution in [0.2, 0.25) is 5.02 Å². The fourth-order valence-electron chi connectivity index (χ4n) is 3.03. The van der Waals surface area contributed by atoms with Gasteiger partial charge in [-0.3, -0.25) is 0 Å². The lowest BCUT2D eigenvalue weighted by atomic mass is 10.1. The standard InChI is InChI=1S/C15H22ClNO2S/c1-11(10-12-6-8-13(16)9-7-12)17-14-4-3-5-15(14)20(2,18)19/h6-9,11,14-15,17H,3-5,10H2,1-2H3. The molecule has 0 aliphatic heterocycles. The van der Waals surface area contributed by atoms with Crippen molar-refractivity contribution in [3.63, 3.8) is 0 Å². The maximum Gasteiger partial charge on any atom is 0.151 e. The summed E-state index contributed by atoms with van der Waals surface area (Å²) in [6, 6.07) is 8.15. The van der Waals surface area contributed by atoms with Crippen LogP contribution in [0.4, 0.5) is 0 Å². The van der Waals surface area contributed by atoms with E-state index in [2.05, 4.69) is 12.2 Å². The van der Waals surface area contributed by atoms with Crippen LogP contribution in [0.15, 0.2) is 24.3 Å². The van der Waals surface area contributed by atoms with Gasteiger partial charge in [0.2, 0.25) is 0 Å². The Morgan fingerprint density at radius 3 is 2.55 bits per heavy atom. The second-order valence-corrected chi connectivity index (χ2v) is 8.50. The van der Waals surface area contributed by atoms with E-state index >= 15 is 0 Å². The van der Waals surface area contributed by atoms with Crippen LogP contribution in [0.1, 0.15) is 31.7 Å². The molecule has 3 atom stereocenters. The van der Waals surface area contributed by atoms with Gasteiger partial charge >= 0.3 is 0 Å². The molecule has 1 aliphatic rings. The van der Waals surface area contributed by atoms with Crippen LogP contribution in [-0.4, -0.2) is 32.0 Å². The van der Waals surface area contributed by atoms with E-state index in [1.54, 1.807) is 0 Å². The van der Waals surface area contributed by atoms with Gasteiger partial charge in [0, 0.05) is 23.4 Å². The monoisotopic (exact) mass is 315 g/mol. The number of hydrogen-bond acceptors (Lipinski definition) is 3. The van der Waals surface area contributed by atoms with Crippen molar-refractivity contribution in [3.8, 4) is 0 Å². The van der Waals surface area contributed by atoms with Crippen LogP contribution in [0.5, 0.6) is 0 Å². The van der Waals surface area contributed by atoms with Crippen LogP contribution < -0.4 is 5.32 Å². The minimum Gasteiger partial charge on any atom is -0.310 e. The molecular weight excluding hydrogens is 294 g/mol. The quantitative estimate of drug-likeness (QED) is 0.909. The Kier molecular flexibility index (Phi) is 5.10.